The van der Waals surface area contributed by atoms with Crippen molar-refractivity contribution in [1.82, 2.24) is 10.2 Å². The zero-order valence-corrected chi connectivity index (χ0v) is 14.1. The minimum absolute atomic E-state index is 0. The Morgan fingerprint density at radius 1 is 1.00 bits per heavy atom. The van der Waals surface area contributed by atoms with Crippen LogP contribution in [0.1, 0.15) is 40.5 Å². The third-order valence-electron chi connectivity index (χ3n) is 6.60. The highest BCUT2D eigenvalue weighted by Gasteiger charge is 2.68. The van der Waals surface area contributed by atoms with E-state index in [1.807, 2.05) is 0 Å². The lowest BCUT2D eigenvalue weighted by molar-refractivity contribution is -0.133. The van der Waals surface area contributed by atoms with Crippen LogP contribution in [-0.4, -0.2) is 37.0 Å². The Morgan fingerprint density at radius 2 is 1.45 bits per heavy atom. The summed E-state index contributed by atoms with van der Waals surface area (Å²) < 4.78 is 0. The molecule has 3 rings (SSSR count). The van der Waals surface area contributed by atoms with Gasteiger partial charge in [0.15, 0.2) is 0 Å². The lowest BCUT2D eigenvalue weighted by Crippen LogP contribution is -2.35. The van der Waals surface area contributed by atoms with Crippen molar-refractivity contribution in [2.24, 2.45) is 28.6 Å². The van der Waals surface area contributed by atoms with E-state index >= 15 is 0 Å². The SMILES string of the molecule is CC1(C)C(C(=O)N2CC[C@@H]3CNC[C@@H]3CC2)C1(C)C.Cl. The van der Waals surface area contributed by atoms with Gasteiger partial charge in [0.2, 0.25) is 5.91 Å². The summed E-state index contributed by atoms with van der Waals surface area (Å²) in [5.74, 6) is 2.26. The van der Waals surface area contributed by atoms with Crippen LogP contribution in [0.25, 0.3) is 0 Å². The van der Waals surface area contributed by atoms with Crippen molar-refractivity contribution >= 4 is 18.3 Å². The van der Waals surface area contributed by atoms with E-state index < -0.39 is 0 Å². The van der Waals surface area contributed by atoms with Crippen molar-refractivity contribution < 1.29 is 4.79 Å². The quantitative estimate of drug-likeness (QED) is 0.807. The molecule has 2 heterocycles. The third-order valence-corrected chi connectivity index (χ3v) is 6.60. The maximum absolute atomic E-state index is 12.8. The number of hydrogen-bond acceptors (Lipinski definition) is 2. The van der Waals surface area contributed by atoms with Gasteiger partial charge in [0.1, 0.15) is 0 Å². The second kappa shape index (κ2) is 5.17. The van der Waals surface area contributed by atoms with Crippen molar-refractivity contribution in [3.8, 4) is 0 Å². The number of fused-ring (bicyclic) bond motifs is 1. The average molecular weight is 301 g/mol. The highest BCUT2D eigenvalue weighted by Crippen LogP contribution is 2.68. The number of carbonyl (C=O) groups is 1. The molecule has 3 fully saturated rings. The van der Waals surface area contributed by atoms with Gasteiger partial charge in [-0.1, -0.05) is 27.7 Å². The van der Waals surface area contributed by atoms with Gasteiger partial charge in [-0.2, -0.15) is 0 Å². The molecule has 3 aliphatic rings. The molecule has 2 saturated heterocycles. The molecule has 0 bridgehead atoms. The number of hydrogen-bond donors (Lipinski definition) is 1. The lowest BCUT2D eigenvalue weighted by Gasteiger charge is -2.22. The molecule has 0 aromatic rings. The van der Waals surface area contributed by atoms with Gasteiger partial charge in [0, 0.05) is 19.0 Å². The standard InChI is InChI=1S/C16H28N2O.ClH/c1-15(2)13(16(15,3)4)14(19)18-7-5-11-9-17-10-12(11)6-8-18;/h11-13,17H,5-10H2,1-4H3;1H/t11-,12+;. The van der Waals surface area contributed by atoms with Gasteiger partial charge >= 0.3 is 0 Å². The Morgan fingerprint density at radius 3 is 1.85 bits per heavy atom. The first kappa shape index (κ1) is 16.1. The molecule has 1 saturated carbocycles. The van der Waals surface area contributed by atoms with Crippen molar-refractivity contribution in [3.63, 3.8) is 0 Å². The smallest absolute Gasteiger partial charge is 0.226 e. The van der Waals surface area contributed by atoms with Gasteiger partial charge in [-0.05, 0) is 48.6 Å². The number of nitrogens with one attached hydrogen (secondary N) is 1. The molecule has 3 nitrogen and oxygen atoms in total. The van der Waals surface area contributed by atoms with E-state index in [9.17, 15) is 4.79 Å². The normalized spacial score (nSPS) is 34.9. The predicted molar refractivity (Wildman–Crippen MR) is 84.0 cm³/mol. The van der Waals surface area contributed by atoms with Crippen molar-refractivity contribution in [1.29, 1.82) is 0 Å². The molecule has 0 aromatic carbocycles. The fourth-order valence-corrected chi connectivity index (χ4v) is 4.43. The van der Waals surface area contributed by atoms with Crippen LogP contribution >= 0.6 is 12.4 Å². The Balaban J connectivity index is 0.00000147. The van der Waals surface area contributed by atoms with Crippen molar-refractivity contribution in [3.05, 3.63) is 0 Å². The first-order chi connectivity index (χ1) is 8.85. The summed E-state index contributed by atoms with van der Waals surface area (Å²) in [7, 11) is 0. The number of nitrogens with zero attached hydrogens (tertiary/aromatic N) is 1. The minimum atomic E-state index is 0. The molecule has 1 aliphatic carbocycles. The van der Waals surface area contributed by atoms with Gasteiger partial charge in [-0.3, -0.25) is 4.79 Å². The molecule has 1 amide bonds. The number of rotatable bonds is 1. The van der Waals surface area contributed by atoms with E-state index in [2.05, 4.69) is 37.9 Å². The molecule has 2 atom stereocenters. The van der Waals surface area contributed by atoms with Gasteiger partial charge in [-0.25, -0.2) is 0 Å². The first-order valence-corrected chi connectivity index (χ1v) is 7.85. The molecule has 0 radical (unpaired) electrons. The Hall–Kier alpha value is -0.280. The Labute approximate surface area is 129 Å². The Kier molecular flexibility index (Phi) is 4.16. The summed E-state index contributed by atoms with van der Waals surface area (Å²) in [6, 6.07) is 0. The van der Waals surface area contributed by atoms with Crippen LogP contribution < -0.4 is 5.32 Å². The second-order valence-electron chi connectivity index (χ2n) is 7.96. The van der Waals surface area contributed by atoms with Crippen LogP contribution in [0.4, 0.5) is 0 Å². The molecular weight excluding hydrogens is 272 g/mol. The summed E-state index contributed by atoms with van der Waals surface area (Å²) in [5.41, 5.74) is 0.349. The molecule has 0 unspecified atom stereocenters. The highest BCUT2D eigenvalue weighted by atomic mass is 35.5. The fourth-order valence-electron chi connectivity index (χ4n) is 4.43. The van der Waals surface area contributed by atoms with Crippen LogP contribution in [0, 0.1) is 28.6 Å². The molecule has 0 spiro atoms. The molecule has 4 heteroatoms. The van der Waals surface area contributed by atoms with Crippen LogP contribution in [0.2, 0.25) is 0 Å². The number of carbonyl (C=O) groups excluding carboxylic acids is 1. The number of halogens is 1. The summed E-state index contributed by atoms with van der Waals surface area (Å²) >= 11 is 0. The average Bonchev–Trinajstić information content (AvgIpc) is 2.60. The molecule has 20 heavy (non-hydrogen) atoms. The first-order valence-electron chi connectivity index (χ1n) is 7.85. The zero-order valence-electron chi connectivity index (χ0n) is 13.2. The third kappa shape index (κ3) is 2.27. The Bertz CT molecular complexity index is 366. The van der Waals surface area contributed by atoms with Gasteiger partial charge < -0.3 is 10.2 Å². The number of likely N-dealkylation sites (tertiary alicyclic amines) is 1. The maximum Gasteiger partial charge on any atom is 0.226 e. The zero-order chi connectivity index (χ0) is 13.8. The van der Waals surface area contributed by atoms with Gasteiger partial charge in [0.25, 0.3) is 0 Å². The topological polar surface area (TPSA) is 32.3 Å². The van der Waals surface area contributed by atoms with E-state index in [1.165, 1.54) is 12.8 Å². The molecular formula is C16H29ClN2O. The van der Waals surface area contributed by atoms with Crippen molar-refractivity contribution in [2.45, 2.75) is 40.5 Å². The molecule has 1 N–H and O–H groups in total. The summed E-state index contributed by atoms with van der Waals surface area (Å²) in [6.07, 6.45) is 2.38. The number of amides is 1. The van der Waals surface area contributed by atoms with E-state index in [-0.39, 0.29) is 29.2 Å². The summed E-state index contributed by atoms with van der Waals surface area (Å²) in [4.78, 5) is 14.9. The largest absolute Gasteiger partial charge is 0.342 e. The summed E-state index contributed by atoms with van der Waals surface area (Å²) in [5, 5.41) is 3.49. The van der Waals surface area contributed by atoms with Gasteiger partial charge in [-0.15, -0.1) is 12.4 Å². The molecule has 2 aliphatic heterocycles. The van der Waals surface area contributed by atoms with Crippen LogP contribution in [-0.2, 0) is 4.79 Å². The second-order valence-corrected chi connectivity index (χ2v) is 7.96. The van der Waals surface area contributed by atoms with E-state index in [1.54, 1.807) is 0 Å². The van der Waals surface area contributed by atoms with E-state index in [0.29, 0.717) is 5.91 Å². The van der Waals surface area contributed by atoms with Crippen LogP contribution in [0.3, 0.4) is 0 Å². The predicted octanol–water partition coefficient (Wildman–Crippen LogP) is 2.55. The van der Waals surface area contributed by atoms with E-state index in [0.717, 1.165) is 38.0 Å². The van der Waals surface area contributed by atoms with Gasteiger partial charge in [0.05, 0.1) is 0 Å². The van der Waals surface area contributed by atoms with Crippen molar-refractivity contribution in [2.75, 3.05) is 26.2 Å². The van der Waals surface area contributed by atoms with Crippen LogP contribution in [0.5, 0.6) is 0 Å². The molecule has 0 aromatic heterocycles. The minimum Gasteiger partial charge on any atom is -0.342 e. The van der Waals surface area contributed by atoms with E-state index in [4.69, 9.17) is 0 Å². The fraction of sp³-hybridized carbons (Fsp3) is 0.938. The maximum atomic E-state index is 12.8. The summed E-state index contributed by atoms with van der Waals surface area (Å²) in [6.45, 7) is 13.2. The molecule has 116 valence electrons. The van der Waals surface area contributed by atoms with Crippen LogP contribution in [0.15, 0.2) is 0 Å². The lowest BCUT2D eigenvalue weighted by atomic mass is 9.92. The highest BCUT2D eigenvalue weighted by molar-refractivity contribution is 5.85. The monoisotopic (exact) mass is 300 g/mol.